The first kappa shape index (κ1) is 16.9. The second kappa shape index (κ2) is 7.05. The van der Waals surface area contributed by atoms with Gasteiger partial charge in [-0.1, -0.05) is 31.4 Å². The molecule has 0 amide bonds. The van der Waals surface area contributed by atoms with Crippen LogP contribution < -0.4 is 0 Å². The van der Waals surface area contributed by atoms with Crippen molar-refractivity contribution in [3.8, 4) is 0 Å². The molecule has 0 unspecified atom stereocenters. The normalized spacial score (nSPS) is 23.1. The lowest BCUT2D eigenvalue weighted by Gasteiger charge is -2.13. The number of allylic oxidation sites excluding steroid dienone is 1. The van der Waals surface area contributed by atoms with Gasteiger partial charge < -0.3 is 18.8 Å². The molecule has 1 aliphatic rings. The summed E-state index contributed by atoms with van der Waals surface area (Å²) in [4.78, 5) is 23.2. The van der Waals surface area contributed by atoms with Gasteiger partial charge in [-0.3, -0.25) is 0 Å². The van der Waals surface area contributed by atoms with E-state index < -0.39 is 39.3 Å². The summed E-state index contributed by atoms with van der Waals surface area (Å²) in [6.07, 6.45) is 0.298. The Bertz CT molecular complexity index is 368. The smallest absolute Gasteiger partial charge is 0.462 e. The van der Waals surface area contributed by atoms with Crippen LogP contribution in [0.15, 0.2) is 11.8 Å². The van der Waals surface area contributed by atoms with E-state index in [4.69, 9.17) is 9.31 Å². The van der Waals surface area contributed by atoms with Gasteiger partial charge in [-0.15, -0.1) is 0 Å². The van der Waals surface area contributed by atoms with Crippen molar-refractivity contribution in [1.29, 1.82) is 0 Å². The summed E-state index contributed by atoms with van der Waals surface area (Å²) in [5, 5.41) is 0. The molecule has 0 aromatic carbocycles. The van der Waals surface area contributed by atoms with Gasteiger partial charge >= 0.3 is 19.1 Å². The van der Waals surface area contributed by atoms with Crippen LogP contribution in [0.25, 0.3) is 0 Å². The number of carbonyl (C=O) groups is 2. The van der Waals surface area contributed by atoms with E-state index in [1.54, 1.807) is 0 Å². The molecular weight excluding hydrogens is 279 g/mol. The maximum Gasteiger partial charge on any atom is 0.462 e. The highest BCUT2D eigenvalue weighted by Crippen LogP contribution is 2.22. The third kappa shape index (κ3) is 4.77. The van der Waals surface area contributed by atoms with Gasteiger partial charge in [0.05, 0.1) is 22.3 Å². The molecule has 0 spiro atoms. The third-order valence-electron chi connectivity index (χ3n) is 2.69. The minimum Gasteiger partial charge on any atom is -0.467 e. The first-order chi connectivity index (χ1) is 9.28. The van der Waals surface area contributed by atoms with Gasteiger partial charge in [-0.2, -0.15) is 0 Å². The lowest BCUT2D eigenvalue weighted by molar-refractivity contribution is -0.160. The summed E-state index contributed by atoms with van der Waals surface area (Å²) in [7, 11) is 0.531. The van der Waals surface area contributed by atoms with Crippen LogP contribution in [-0.4, -0.2) is 53.6 Å². The van der Waals surface area contributed by atoms with Crippen molar-refractivity contribution in [2.24, 2.45) is 0 Å². The molecule has 1 fully saturated rings. The van der Waals surface area contributed by atoms with Crippen molar-refractivity contribution < 1.29 is 28.4 Å². The fourth-order valence-electron chi connectivity index (χ4n) is 1.74. The number of hydrogen-bond acceptors (Lipinski definition) is 6. The number of methoxy groups -OCH3 is 2. The molecule has 8 heteroatoms. The van der Waals surface area contributed by atoms with Crippen molar-refractivity contribution in [1.82, 2.24) is 0 Å². The Morgan fingerprint density at radius 1 is 1.10 bits per heavy atom. The van der Waals surface area contributed by atoms with Crippen LogP contribution in [0, 0.1) is 0 Å². The Labute approximate surface area is 120 Å². The quantitative estimate of drug-likeness (QED) is 0.558. The maximum absolute atomic E-state index is 11.6. The molecule has 20 heavy (non-hydrogen) atoms. The predicted octanol–water partition coefficient (Wildman–Crippen LogP) is 1.04. The van der Waals surface area contributed by atoms with E-state index in [1.165, 1.54) is 14.2 Å². The highest BCUT2D eigenvalue weighted by molar-refractivity contribution is 6.81. The Morgan fingerprint density at radius 3 is 1.90 bits per heavy atom. The Balaban J connectivity index is 2.68. The molecular formula is C12H21BO6Si. The van der Waals surface area contributed by atoms with Crippen LogP contribution in [0.4, 0.5) is 0 Å². The second-order valence-corrected chi connectivity index (χ2v) is 10.7. The van der Waals surface area contributed by atoms with Crippen LogP contribution in [0.2, 0.25) is 26.0 Å². The molecule has 6 nitrogen and oxygen atoms in total. The average Bonchev–Trinajstić information content (AvgIpc) is 2.79. The summed E-state index contributed by atoms with van der Waals surface area (Å²) in [5.41, 5.74) is 2.15. The van der Waals surface area contributed by atoms with Crippen LogP contribution >= 0.6 is 0 Å². The zero-order valence-corrected chi connectivity index (χ0v) is 13.5. The van der Waals surface area contributed by atoms with Crippen LogP contribution in [0.3, 0.4) is 0 Å². The first-order valence-corrected chi connectivity index (χ1v) is 10.0. The second-order valence-electron chi connectivity index (χ2n) is 5.59. The minimum absolute atomic E-state index is 0.477. The lowest BCUT2D eigenvalue weighted by Crippen LogP contribution is -2.38. The van der Waals surface area contributed by atoms with Crippen molar-refractivity contribution in [2.75, 3.05) is 14.2 Å². The SMILES string of the molecule is COC(=O)[C@@H]1OB(C/C=C/[Si](C)(C)C)O[C@H]1C(=O)OC. The molecule has 112 valence electrons. The summed E-state index contributed by atoms with van der Waals surface area (Å²) in [6, 6.07) is 0. The molecule has 1 aliphatic heterocycles. The van der Waals surface area contributed by atoms with E-state index in [0.717, 1.165) is 0 Å². The van der Waals surface area contributed by atoms with Gasteiger partial charge in [0.25, 0.3) is 0 Å². The van der Waals surface area contributed by atoms with Crippen LogP contribution in [0.1, 0.15) is 0 Å². The molecule has 1 heterocycles. The van der Waals surface area contributed by atoms with Gasteiger partial charge in [0.2, 0.25) is 0 Å². The van der Waals surface area contributed by atoms with Crippen molar-refractivity contribution in [3.05, 3.63) is 11.8 Å². The predicted molar refractivity (Wildman–Crippen MR) is 76.8 cm³/mol. The molecule has 0 saturated carbocycles. The van der Waals surface area contributed by atoms with E-state index in [-0.39, 0.29) is 0 Å². The van der Waals surface area contributed by atoms with E-state index in [0.29, 0.717) is 6.32 Å². The van der Waals surface area contributed by atoms with E-state index >= 15 is 0 Å². The number of ether oxygens (including phenoxy) is 2. The topological polar surface area (TPSA) is 71.1 Å². The highest BCUT2D eigenvalue weighted by atomic mass is 28.3. The third-order valence-corrected chi connectivity index (χ3v) is 3.92. The van der Waals surface area contributed by atoms with Crippen molar-refractivity contribution in [3.63, 3.8) is 0 Å². The molecule has 1 rings (SSSR count). The van der Waals surface area contributed by atoms with E-state index in [2.05, 4.69) is 34.8 Å². The summed E-state index contributed by atoms with van der Waals surface area (Å²) < 4.78 is 20.1. The zero-order valence-electron chi connectivity index (χ0n) is 12.5. The molecule has 0 radical (unpaired) electrons. The molecule has 0 N–H and O–H groups in total. The Hall–Kier alpha value is -1.12. The van der Waals surface area contributed by atoms with E-state index in [9.17, 15) is 9.59 Å². The van der Waals surface area contributed by atoms with Crippen molar-refractivity contribution >= 4 is 27.1 Å². The largest absolute Gasteiger partial charge is 0.467 e. The Kier molecular flexibility index (Phi) is 5.97. The standard InChI is InChI=1S/C12H21BO6Si/c1-16-11(14)9-10(12(15)17-2)19-13(18-9)7-6-8-20(3,4)5/h6,8-10H,7H2,1-5H3/b8-6+/t9-,10-/m1/s1. The molecule has 0 aromatic heterocycles. The molecule has 1 saturated heterocycles. The fraction of sp³-hybridized carbons (Fsp3) is 0.667. The summed E-state index contributed by atoms with van der Waals surface area (Å²) in [5.74, 6) is -1.28. The maximum atomic E-state index is 11.6. The zero-order chi connectivity index (χ0) is 15.3. The monoisotopic (exact) mass is 300 g/mol. The van der Waals surface area contributed by atoms with Gasteiger partial charge in [0.1, 0.15) is 0 Å². The summed E-state index contributed by atoms with van der Waals surface area (Å²) in [6.45, 7) is 6.61. The highest BCUT2D eigenvalue weighted by Gasteiger charge is 2.48. The number of carbonyl (C=O) groups excluding carboxylic acids is 2. The van der Waals surface area contributed by atoms with Gasteiger partial charge in [-0.25, -0.2) is 9.59 Å². The lowest BCUT2D eigenvalue weighted by atomic mass is 9.85. The van der Waals surface area contributed by atoms with Crippen molar-refractivity contribution in [2.45, 2.75) is 38.2 Å². The van der Waals surface area contributed by atoms with Crippen LogP contribution in [0.5, 0.6) is 0 Å². The van der Waals surface area contributed by atoms with E-state index in [1.807, 2.05) is 6.08 Å². The van der Waals surface area contributed by atoms with Gasteiger partial charge in [0.15, 0.2) is 12.2 Å². The average molecular weight is 300 g/mol. The summed E-state index contributed by atoms with van der Waals surface area (Å²) >= 11 is 0. The number of hydrogen-bond donors (Lipinski definition) is 0. The number of rotatable bonds is 5. The first-order valence-electron chi connectivity index (χ1n) is 6.42. The van der Waals surface area contributed by atoms with Gasteiger partial charge in [-0.05, 0) is 6.32 Å². The molecule has 0 bridgehead atoms. The number of esters is 2. The molecule has 0 aliphatic carbocycles. The molecule has 0 aromatic rings. The fourth-order valence-corrected chi connectivity index (χ4v) is 2.58. The minimum atomic E-state index is -1.30. The molecule has 2 atom stereocenters. The Morgan fingerprint density at radius 2 is 1.55 bits per heavy atom. The van der Waals surface area contributed by atoms with Crippen LogP contribution in [-0.2, 0) is 28.4 Å². The van der Waals surface area contributed by atoms with Gasteiger partial charge in [0, 0.05) is 0 Å².